The molecule has 0 saturated carbocycles. The third kappa shape index (κ3) is 4.31. The predicted molar refractivity (Wildman–Crippen MR) is 148 cm³/mol. The molecule has 6 aromatic rings. The van der Waals surface area contributed by atoms with E-state index in [1.807, 2.05) is 60.7 Å². The highest BCUT2D eigenvalue weighted by Gasteiger charge is 2.19. The molecule has 2 aromatic carbocycles. The van der Waals surface area contributed by atoms with Gasteiger partial charge >= 0.3 is 0 Å². The van der Waals surface area contributed by atoms with Crippen molar-refractivity contribution in [2.45, 2.75) is 27.7 Å². The number of aryl methyl sites for hydroxylation is 4. The fourth-order valence-electron chi connectivity index (χ4n) is 4.13. The molecule has 0 aliphatic carbocycles. The zero-order chi connectivity index (χ0) is 27.1. The summed E-state index contributed by atoms with van der Waals surface area (Å²) in [7, 11) is 0. The van der Waals surface area contributed by atoms with E-state index in [4.69, 9.17) is 32.0 Å². The monoisotopic (exact) mass is 548 g/mol. The van der Waals surface area contributed by atoms with Crippen molar-refractivity contribution in [2.75, 3.05) is 0 Å². The number of aromatic nitrogens is 4. The fraction of sp³-hybridized carbons (Fsp3) is 0.143. The predicted octanol–water partition coefficient (Wildman–Crippen LogP) is 6.50. The van der Waals surface area contributed by atoms with Crippen molar-refractivity contribution >= 4 is 45.4 Å². The van der Waals surface area contributed by atoms with Gasteiger partial charge < -0.3 is 8.83 Å². The minimum absolute atomic E-state index is 0.114. The minimum atomic E-state index is -0.236. The SMILES string of the molecule is Cc1oc2c(c(C)nn2-c2ccccc2)c(=O)c1Cl.Cc1oc2c(c(C)nn2-c2ccccc2)c(=O)c1Cl. The largest absolute Gasteiger partial charge is 0.441 e. The average molecular weight is 549 g/mol. The van der Waals surface area contributed by atoms with Crippen LogP contribution in [0.2, 0.25) is 10.0 Å². The molecule has 10 heteroatoms. The summed E-state index contributed by atoms with van der Waals surface area (Å²) in [6.07, 6.45) is 0. The van der Waals surface area contributed by atoms with Crippen LogP contribution in [0.5, 0.6) is 0 Å². The van der Waals surface area contributed by atoms with Crippen LogP contribution in [0.4, 0.5) is 0 Å². The molecule has 0 atom stereocenters. The molecule has 8 nitrogen and oxygen atoms in total. The summed E-state index contributed by atoms with van der Waals surface area (Å²) < 4.78 is 14.5. The molecule has 0 spiro atoms. The van der Waals surface area contributed by atoms with Gasteiger partial charge in [0.15, 0.2) is 0 Å². The van der Waals surface area contributed by atoms with Gasteiger partial charge in [0, 0.05) is 0 Å². The number of halogens is 2. The highest BCUT2D eigenvalue weighted by molar-refractivity contribution is 6.31. The zero-order valence-electron chi connectivity index (χ0n) is 21.0. The summed E-state index contributed by atoms with van der Waals surface area (Å²) in [5.74, 6) is 0.799. The van der Waals surface area contributed by atoms with E-state index in [1.165, 1.54) is 0 Å². The number of rotatable bonds is 2. The number of fused-ring (bicyclic) bond motifs is 2. The molecule has 0 bridgehead atoms. The maximum Gasteiger partial charge on any atom is 0.233 e. The minimum Gasteiger partial charge on any atom is -0.441 e. The molecule has 4 aromatic heterocycles. The normalized spacial score (nSPS) is 11.1. The van der Waals surface area contributed by atoms with Gasteiger partial charge in [-0.3, -0.25) is 9.59 Å². The van der Waals surface area contributed by atoms with Crippen LogP contribution >= 0.6 is 23.2 Å². The Bertz CT molecular complexity index is 1780. The van der Waals surface area contributed by atoms with E-state index in [9.17, 15) is 9.59 Å². The van der Waals surface area contributed by atoms with Crippen LogP contribution in [-0.2, 0) is 0 Å². The number of para-hydroxylation sites is 2. The number of hydrogen-bond donors (Lipinski definition) is 0. The van der Waals surface area contributed by atoms with E-state index in [-0.39, 0.29) is 20.9 Å². The highest BCUT2D eigenvalue weighted by atomic mass is 35.5. The van der Waals surface area contributed by atoms with E-state index in [1.54, 1.807) is 37.1 Å². The molecular weight excluding hydrogens is 527 g/mol. The van der Waals surface area contributed by atoms with Crippen molar-refractivity contribution < 1.29 is 8.83 Å². The van der Waals surface area contributed by atoms with Crippen LogP contribution in [-0.4, -0.2) is 19.6 Å². The molecule has 0 amide bonds. The average Bonchev–Trinajstić information content (AvgIpc) is 3.43. The van der Waals surface area contributed by atoms with Crippen molar-refractivity contribution in [2.24, 2.45) is 0 Å². The van der Waals surface area contributed by atoms with E-state index < -0.39 is 0 Å². The maximum atomic E-state index is 12.2. The first-order valence-electron chi connectivity index (χ1n) is 11.7. The second-order valence-electron chi connectivity index (χ2n) is 8.63. The maximum absolute atomic E-state index is 12.2. The van der Waals surface area contributed by atoms with Crippen LogP contribution in [0.3, 0.4) is 0 Å². The molecule has 0 radical (unpaired) electrons. The molecular formula is C28H22Cl2N4O4. The van der Waals surface area contributed by atoms with Crippen molar-refractivity contribution in [1.82, 2.24) is 19.6 Å². The van der Waals surface area contributed by atoms with Crippen LogP contribution in [0.25, 0.3) is 33.6 Å². The Balaban J connectivity index is 0.000000155. The molecule has 6 rings (SSSR count). The van der Waals surface area contributed by atoms with Gasteiger partial charge in [-0.25, -0.2) is 0 Å². The summed E-state index contributed by atoms with van der Waals surface area (Å²) in [4.78, 5) is 24.3. The molecule has 38 heavy (non-hydrogen) atoms. The fourth-order valence-corrected chi connectivity index (χ4v) is 4.40. The molecule has 0 fully saturated rings. The van der Waals surface area contributed by atoms with Gasteiger partial charge in [-0.2, -0.15) is 19.6 Å². The first-order valence-corrected chi connectivity index (χ1v) is 12.4. The van der Waals surface area contributed by atoms with Crippen molar-refractivity contribution in [3.63, 3.8) is 0 Å². The Morgan fingerprint density at radius 3 is 1.29 bits per heavy atom. The molecule has 4 heterocycles. The van der Waals surface area contributed by atoms with Gasteiger partial charge in [0.05, 0.1) is 22.8 Å². The molecule has 0 aliphatic rings. The van der Waals surface area contributed by atoms with Gasteiger partial charge in [-0.05, 0) is 52.0 Å². The molecule has 0 unspecified atom stereocenters. The van der Waals surface area contributed by atoms with E-state index in [2.05, 4.69) is 10.2 Å². The lowest BCUT2D eigenvalue weighted by Gasteiger charge is -2.03. The lowest BCUT2D eigenvalue weighted by Crippen LogP contribution is -2.04. The Morgan fingerprint density at radius 1 is 0.605 bits per heavy atom. The van der Waals surface area contributed by atoms with Crippen LogP contribution in [0.1, 0.15) is 22.9 Å². The lowest BCUT2D eigenvalue weighted by molar-refractivity contribution is 0.539. The van der Waals surface area contributed by atoms with E-state index in [0.29, 0.717) is 45.1 Å². The van der Waals surface area contributed by atoms with Gasteiger partial charge in [-0.15, -0.1) is 0 Å². The second-order valence-corrected chi connectivity index (χ2v) is 9.38. The van der Waals surface area contributed by atoms with Gasteiger partial charge in [-0.1, -0.05) is 59.6 Å². The van der Waals surface area contributed by atoms with Crippen molar-refractivity contribution in [1.29, 1.82) is 0 Å². The standard InChI is InChI=1S/2C14H11ClN2O2/c2*1-8-11-13(18)12(15)9(2)19-14(11)17(16-8)10-6-4-3-5-7-10/h2*3-7H,1-2H3. The molecule has 0 saturated heterocycles. The Hall–Kier alpha value is -4.14. The Labute approximate surface area is 226 Å². The number of benzene rings is 2. The zero-order valence-corrected chi connectivity index (χ0v) is 22.5. The second kappa shape index (κ2) is 9.96. The summed E-state index contributed by atoms with van der Waals surface area (Å²) in [5, 5.41) is 9.82. The summed E-state index contributed by atoms with van der Waals surface area (Å²) in [6.45, 7) is 6.87. The van der Waals surface area contributed by atoms with Crippen molar-refractivity contribution in [3.05, 3.63) is 114 Å². The van der Waals surface area contributed by atoms with Crippen LogP contribution < -0.4 is 10.9 Å². The smallest absolute Gasteiger partial charge is 0.233 e. The number of nitrogens with zero attached hydrogens (tertiary/aromatic N) is 4. The summed E-state index contributed by atoms with van der Waals surface area (Å²) in [6, 6.07) is 19.0. The molecule has 0 N–H and O–H groups in total. The number of hydrogen-bond acceptors (Lipinski definition) is 6. The van der Waals surface area contributed by atoms with Gasteiger partial charge in [0.1, 0.15) is 32.3 Å². The first kappa shape index (κ1) is 25.5. The summed E-state index contributed by atoms with van der Waals surface area (Å²) >= 11 is 11.9. The lowest BCUT2D eigenvalue weighted by atomic mass is 10.2. The van der Waals surface area contributed by atoms with Crippen molar-refractivity contribution in [3.8, 4) is 11.4 Å². The van der Waals surface area contributed by atoms with E-state index in [0.717, 1.165) is 11.4 Å². The quantitative estimate of drug-likeness (QED) is 0.245. The molecule has 0 aliphatic heterocycles. The third-order valence-corrected chi connectivity index (χ3v) is 6.88. The third-order valence-electron chi connectivity index (χ3n) is 6.01. The molecule has 192 valence electrons. The summed E-state index contributed by atoms with van der Waals surface area (Å²) in [5.41, 5.74) is 3.27. The van der Waals surface area contributed by atoms with Gasteiger partial charge in [0.2, 0.25) is 22.3 Å². The van der Waals surface area contributed by atoms with Crippen LogP contribution in [0, 0.1) is 27.7 Å². The van der Waals surface area contributed by atoms with E-state index >= 15 is 0 Å². The Kier molecular flexibility index (Phi) is 6.69. The topological polar surface area (TPSA) is 96.1 Å². The van der Waals surface area contributed by atoms with Gasteiger partial charge in [0.25, 0.3) is 0 Å². The highest BCUT2D eigenvalue weighted by Crippen LogP contribution is 2.24. The first-order chi connectivity index (χ1) is 18.2. The Morgan fingerprint density at radius 2 is 0.947 bits per heavy atom. The van der Waals surface area contributed by atoms with Crippen LogP contribution in [0.15, 0.2) is 79.1 Å².